The van der Waals surface area contributed by atoms with E-state index < -0.39 is 0 Å². The van der Waals surface area contributed by atoms with Gasteiger partial charge < -0.3 is 14.7 Å². The van der Waals surface area contributed by atoms with E-state index in [2.05, 4.69) is 5.16 Å². The number of phenolic OH excluding ortho intramolecular Hbond substituents is 2. The number of hydrogen-bond acceptors (Lipinski definition) is 4. The molecule has 0 radical (unpaired) electrons. The highest BCUT2D eigenvalue weighted by atomic mass is 16.5. The number of aromatic hydroxyl groups is 2. The largest absolute Gasteiger partial charge is 0.507 e. The van der Waals surface area contributed by atoms with Crippen LogP contribution in [0, 0.1) is 13.8 Å². The number of aromatic nitrogens is 1. The van der Waals surface area contributed by atoms with Crippen molar-refractivity contribution >= 4 is 11.0 Å². The highest BCUT2D eigenvalue weighted by molar-refractivity contribution is 6.00. The number of nitrogens with zero attached hydrogens (tertiary/aromatic N) is 1. The molecule has 96 valence electrons. The van der Waals surface area contributed by atoms with Gasteiger partial charge in [-0.05, 0) is 19.4 Å². The minimum absolute atomic E-state index is 0.0278. The lowest BCUT2D eigenvalue weighted by Gasteiger charge is -2.07. The summed E-state index contributed by atoms with van der Waals surface area (Å²) in [5, 5.41) is 24.8. The summed E-state index contributed by atoms with van der Waals surface area (Å²) in [6, 6.07) is 9.42. The SMILES string of the molecule is Cc1c(C)c(O)c2c(-c3ccccc3)noc2c1O. The van der Waals surface area contributed by atoms with Crippen molar-refractivity contribution in [3.63, 3.8) is 0 Å². The zero-order chi connectivity index (χ0) is 13.6. The van der Waals surface area contributed by atoms with Crippen LogP contribution in [0.4, 0.5) is 0 Å². The Morgan fingerprint density at radius 1 is 0.947 bits per heavy atom. The van der Waals surface area contributed by atoms with Crippen LogP contribution < -0.4 is 0 Å². The molecule has 3 aromatic rings. The number of rotatable bonds is 1. The predicted octanol–water partition coefficient (Wildman–Crippen LogP) is 3.52. The van der Waals surface area contributed by atoms with Gasteiger partial charge in [-0.1, -0.05) is 35.5 Å². The van der Waals surface area contributed by atoms with Crippen molar-refractivity contribution in [2.24, 2.45) is 0 Å². The average Bonchev–Trinajstić information content (AvgIpc) is 2.88. The van der Waals surface area contributed by atoms with Crippen molar-refractivity contribution in [3.8, 4) is 22.8 Å². The van der Waals surface area contributed by atoms with Gasteiger partial charge in [0.15, 0.2) is 5.75 Å². The molecule has 1 heterocycles. The Hall–Kier alpha value is -2.49. The molecule has 0 saturated carbocycles. The lowest BCUT2D eigenvalue weighted by molar-refractivity contribution is 0.419. The van der Waals surface area contributed by atoms with E-state index >= 15 is 0 Å². The van der Waals surface area contributed by atoms with Crippen molar-refractivity contribution in [2.75, 3.05) is 0 Å². The molecule has 0 saturated heterocycles. The van der Waals surface area contributed by atoms with Crippen molar-refractivity contribution in [2.45, 2.75) is 13.8 Å². The van der Waals surface area contributed by atoms with Crippen LogP contribution >= 0.6 is 0 Å². The summed E-state index contributed by atoms with van der Waals surface area (Å²) >= 11 is 0. The van der Waals surface area contributed by atoms with Crippen LogP contribution in [0.25, 0.3) is 22.2 Å². The molecule has 0 atom stereocenters. The average molecular weight is 255 g/mol. The Bertz CT molecular complexity index is 760. The van der Waals surface area contributed by atoms with Crippen LogP contribution in [-0.4, -0.2) is 15.4 Å². The first-order valence-corrected chi connectivity index (χ1v) is 5.97. The van der Waals surface area contributed by atoms with Gasteiger partial charge in [0.2, 0.25) is 5.58 Å². The highest BCUT2D eigenvalue weighted by Crippen LogP contribution is 2.43. The molecule has 4 nitrogen and oxygen atoms in total. The Balaban J connectivity index is 2.42. The van der Waals surface area contributed by atoms with Crippen LogP contribution in [0.15, 0.2) is 34.9 Å². The molecule has 2 aromatic carbocycles. The maximum absolute atomic E-state index is 10.3. The van der Waals surface area contributed by atoms with E-state index in [0.717, 1.165) is 5.56 Å². The lowest BCUT2D eigenvalue weighted by atomic mass is 10.0. The Labute approximate surface area is 109 Å². The van der Waals surface area contributed by atoms with Gasteiger partial charge in [0.25, 0.3) is 0 Å². The van der Waals surface area contributed by atoms with Gasteiger partial charge in [-0.2, -0.15) is 0 Å². The van der Waals surface area contributed by atoms with Gasteiger partial charge in [0, 0.05) is 11.1 Å². The second-order valence-corrected chi connectivity index (χ2v) is 4.55. The molecule has 0 spiro atoms. The van der Waals surface area contributed by atoms with Crippen LogP contribution in [0.3, 0.4) is 0 Å². The first-order chi connectivity index (χ1) is 9.11. The zero-order valence-electron chi connectivity index (χ0n) is 10.6. The summed E-state index contributed by atoms with van der Waals surface area (Å²) < 4.78 is 5.19. The standard InChI is InChI=1S/C15H13NO3/c1-8-9(2)14(18)15-11(13(8)17)12(16-19-15)10-6-4-3-5-7-10/h3-7,17-18H,1-2H3. The molecule has 3 rings (SSSR count). The molecule has 19 heavy (non-hydrogen) atoms. The fourth-order valence-corrected chi connectivity index (χ4v) is 2.18. The topological polar surface area (TPSA) is 66.5 Å². The van der Waals surface area contributed by atoms with Gasteiger partial charge in [0.05, 0.1) is 5.39 Å². The summed E-state index contributed by atoms with van der Waals surface area (Å²) in [6.07, 6.45) is 0. The van der Waals surface area contributed by atoms with Crippen molar-refractivity contribution in [3.05, 3.63) is 41.5 Å². The van der Waals surface area contributed by atoms with Crippen LogP contribution in [-0.2, 0) is 0 Å². The third kappa shape index (κ3) is 1.57. The smallest absolute Gasteiger partial charge is 0.213 e. The molecule has 0 fully saturated rings. The monoisotopic (exact) mass is 255 g/mol. The zero-order valence-corrected chi connectivity index (χ0v) is 10.6. The van der Waals surface area contributed by atoms with Crippen molar-refractivity contribution in [1.82, 2.24) is 5.16 Å². The lowest BCUT2D eigenvalue weighted by Crippen LogP contribution is -1.86. The van der Waals surface area contributed by atoms with E-state index in [-0.39, 0.29) is 17.1 Å². The van der Waals surface area contributed by atoms with E-state index in [1.807, 2.05) is 30.3 Å². The van der Waals surface area contributed by atoms with E-state index in [1.165, 1.54) is 0 Å². The summed E-state index contributed by atoms with van der Waals surface area (Å²) in [4.78, 5) is 0. The van der Waals surface area contributed by atoms with E-state index in [0.29, 0.717) is 22.2 Å². The molecule has 0 aliphatic carbocycles. The summed E-state index contributed by atoms with van der Waals surface area (Å²) in [5.74, 6) is 0.130. The Kier molecular flexibility index (Phi) is 2.45. The number of phenols is 2. The Morgan fingerprint density at radius 2 is 1.58 bits per heavy atom. The molecule has 0 bridgehead atoms. The molecule has 1 aromatic heterocycles. The first-order valence-electron chi connectivity index (χ1n) is 5.97. The molecular formula is C15H13NO3. The second kappa shape index (κ2) is 4.02. The quantitative estimate of drug-likeness (QED) is 0.653. The van der Waals surface area contributed by atoms with E-state index in [4.69, 9.17) is 4.52 Å². The highest BCUT2D eigenvalue weighted by Gasteiger charge is 2.21. The third-order valence-electron chi connectivity index (χ3n) is 3.46. The van der Waals surface area contributed by atoms with Gasteiger partial charge >= 0.3 is 0 Å². The maximum Gasteiger partial charge on any atom is 0.213 e. The van der Waals surface area contributed by atoms with E-state index in [9.17, 15) is 10.2 Å². The fourth-order valence-electron chi connectivity index (χ4n) is 2.18. The van der Waals surface area contributed by atoms with Gasteiger partial charge in [-0.3, -0.25) is 0 Å². The van der Waals surface area contributed by atoms with Gasteiger partial charge in [0.1, 0.15) is 11.4 Å². The van der Waals surface area contributed by atoms with E-state index in [1.54, 1.807) is 13.8 Å². The Morgan fingerprint density at radius 3 is 2.26 bits per heavy atom. The van der Waals surface area contributed by atoms with Crippen LogP contribution in [0.1, 0.15) is 11.1 Å². The molecular weight excluding hydrogens is 242 g/mol. The second-order valence-electron chi connectivity index (χ2n) is 4.55. The number of fused-ring (bicyclic) bond motifs is 1. The minimum Gasteiger partial charge on any atom is -0.507 e. The van der Waals surface area contributed by atoms with Crippen molar-refractivity contribution in [1.29, 1.82) is 0 Å². The van der Waals surface area contributed by atoms with Gasteiger partial charge in [-0.15, -0.1) is 0 Å². The van der Waals surface area contributed by atoms with Gasteiger partial charge in [-0.25, -0.2) is 0 Å². The molecule has 4 heteroatoms. The van der Waals surface area contributed by atoms with Crippen LogP contribution in [0.2, 0.25) is 0 Å². The first kappa shape index (κ1) is 11.6. The molecule has 0 aliphatic rings. The minimum atomic E-state index is 0.0278. The predicted molar refractivity (Wildman–Crippen MR) is 72.2 cm³/mol. The maximum atomic E-state index is 10.3. The molecule has 0 unspecified atom stereocenters. The normalized spacial score (nSPS) is 11.1. The molecule has 0 amide bonds. The van der Waals surface area contributed by atoms with Crippen molar-refractivity contribution < 1.29 is 14.7 Å². The summed E-state index contributed by atoms with van der Waals surface area (Å²) in [7, 11) is 0. The third-order valence-corrected chi connectivity index (χ3v) is 3.46. The molecule has 2 N–H and O–H groups in total. The summed E-state index contributed by atoms with van der Waals surface area (Å²) in [6.45, 7) is 3.49. The molecule has 0 aliphatic heterocycles. The fraction of sp³-hybridized carbons (Fsp3) is 0.133. The summed E-state index contributed by atoms with van der Waals surface area (Å²) in [5.41, 5.74) is 2.82. The van der Waals surface area contributed by atoms with Crippen LogP contribution in [0.5, 0.6) is 11.5 Å². The number of hydrogen-bond donors (Lipinski definition) is 2. The number of benzene rings is 2.